The van der Waals surface area contributed by atoms with Gasteiger partial charge in [0.15, 0.2) is 0 Å². The number of hydrogen-bond donors (Lipinski definition) is 1. The summed E-state index contributed by atoms with van der Waals surface area (Å²) < 4.78 is 1.70. The Morgan fingerprint density at radius 2 is 1.78 bits per heavy atom. The van der Waals surface area contributed by atoms with Gasteiger partial charge in [-0.15, -0.1) is 0 Å². The fourth-order valence-corrected chi connectivity index (χ4v) is 2.81. The molecule has 0 saturated heterocycles. The molecule has 0 spiro atoms. The van der Waals surface area contributed by atoms with Gasteiger partial charge in [0.25, 0.3) is 5.91 Å². The van der Waals surface area contributed by atoms with Gasteiger partial charge in [-0.25, -0.2) is 0 Å². The molecule has 5 heteroatoms. The number of pyridine rings is 1. The number of carbonyl (C=O) groups is 1. The smallest absolute Gasteiger partial charge is 0.255 e. The predicted molar refractivity (Wildman–Crippen MR) is 78.8 cm³/mol. The van der Waals surface area contributed by atoms with E-state index in [9.17, 15) is 4.79 Å². The standard InChI is InChI=1S/C13H10Br2N2O/c1-8-2-12(7-16-6-8)17-13(18)9-3-10(14)5-11(15)4-9/h2-7H,1H3,(H,17,18). The molecule has 1 aromatic carbocycles. The van der Waals surface area contributed by atoms with E-state index in [2.05, 4.69) is 42.2 Å². The fourth-order valence-electron chi connectivity index (χ4n) is 1.51. The molecule has 1 N–H and O–H groups in total. The minimum atomic E-state index is -0.163. The predicted octanol–water partition coefficient (Wildman–Crippen LogP) is 4.17. The van der Waals surface area contributed by atoms with Crippen LogP contribution in [0.4, 0.5) is 5.69 Å². The van der Waals surface area contributed by atoms with Gasteiger partial charge in [-0.2, -0.15) is 0 Å². The summed E-state index contributed by atoms with van der Waals surface area (Å²) in [6.45, 7) is 1.93. The van der Waals surface area contributed by atoms with E-state index in [-0.39, 0.29) is 5.91 Å². The van der Waals surface area contributed by atoms with Crippen molar-refractivity contribution in [3.05, 3.63) is 56.7 Å². The summed E-state index contributed by atoms with van der Waals surface area (Å²) >= 11 is 6.71. The molecule has 0 aliphatic rings. The number of hydrogen-bond acceptors (Lipinski definition) is 2. The first-order chi connectivity index (χ1) is 8.54. The molecular weight excluding hydrogens is 360 g/mol. The van der Waals surface area contributed by atoms with E-state index in [4.69, 9.17) is 0 Å². The third-order valence-corrected chi connectivity index (χ3v) is 3.17. The van der Waals surface area contributed by atoms with Crippen LogP contribution in [0.1, 0.15) is 15.9 Å². The number of carbonyl (C=O) groups excluding carboxylic acids is 1. The molecule has 2 aromatic rings. The molecule has 0 fully saturated rings. The van der Waals surface area contributed by atoms with Gasteiger partial charge < -0.3 is 5.32 Å². The van der Waals surface area contributed by atoms with Crippen LogP contribution in [0.2, 0.25) is 0 Å². The number of benzene rings is 1. The molecule has 1 aromatic heterocycles. The normalized spacial score (nSPS) is 10.2. The Kier molecular flexibility index (Phi) is 4.14. The Bertz CT molecular complexity index is 579. The van der Waals surface area contributed by atoms with Crippen molar-refractivity contribution in [3.63, 3.8) is 0 Å². The highest BCUT2D eigenvalue weighted by Gasteiger charge is 2.08. The number of anilines is 1. The quantitative estimate of drug-likeness (QED) is 0.863. The van der Waals surface area contributed by atoms with Crippen molar-refractivity contribution in [2.24, 2.45) is 0 Å². The first kappa shape index (κ1) is 13.2. The molecule has 0 saturated carbocycles. The number of halogens is 2. The summed E-state index contributed by atoms with van der Waals surface area (Å²) in [7, 11) is 0. The van der Waals surface area contributed by atoms with Gasteiger partial charge in [-0.05, 0) is 36.8 Å². The van der Waals surface area contributed by atoms with Crippen LogP contribution >= 0.6 is 31.9 Å². The minimum absolute atomic E-state index is 0.163. The molecule has 1 amide bonds. The maximum absolute atomic E-state index is 12.0. The summed E-state index contributed by atoms with van der Waals surface area (Å²) in [4.78, 5) is 16.1. The van der Waals surface area contributed by atoms with Crippen molar-refractivity contribution in [1.29, 1.82) is 0 Å². The second kappa shape index (κ2) is 5.63. The van der Waals surface area contributed by atoms with Crippen LogP contribution in [-0.4, -0.2) is 10.9 Å². The molecule has 0 unspecified atom stereocenters. The molecule has 0 atom stereocenters. The van der Waals surface area contributed by atoms with Gasteiger partial charge in [0, 0.05) is 20.7 Å². The first-order valence-corrected chi connectivity index (χ1v) is 6.82. The minimum Gasteiger partial charge on any atom is -0.321 e. The number of amides is 1. The first-order valence-electron chi connectivity index (χ1n) is 5.24. The second-order valence-corrected chi connectivity index (χ2v) is 5.69. The van der Waals surface area contributed by atoms with E-state index < -0.39 is 0 Å². The van der Waals surface area contributed by atoms with Gasteiger partial charge in [-0.3, -0.25) is 9.78 Å². The summed E-state index contributed by atoms with van der Waals surface area (Å²) in [5.74, 6) is -0.163. The van der Waals surface area contributed by atoms with Crippen molar-refractivity contribution < 1.29 is 4.79 Å². The SMILES string of the molecule is Cc1cncc(NC(=O)c2cc(Br)cc(Br)c2)c1. The van der Waals surface area contributed by atoms with Gasteiger partial charge in [-0.1, -0.05) is 31.9 Å². The monoisotopic (exact) mass is 368 g/mol. The Labute approximate surface area is 122 Å². The average molecular weight is 370 g/mol. The highest BCUT2D eigenvalue weighted by atomic mass is 79.9. The number of aromatic nitrogens is 1. The lowest BCUT2D eigenvalue weighted by Crippen LogP contribution is -2.12. The molecule has 0 bridgehead atoms. The molecule has 0 aliphatic carbocycles. The molecule has 92 valence electrons. The number of aryl methyl sites for hydroxylation is 1. The summed E-state index contributed by atoms with van der Waals surface area (Å²) in [5.41, 5.74) is 2.28. The third kappa shape index (κ3) is 3.40. The highest BCUT2D eigenvalue weighted by Crippen LogP contribution is 2.21. The summed E-state index contributed by atoms with van der Waals surface area (Å²) in [6.07, 6.45) is 3.36. The molecule has 0 radical (unpaired) electrons. The van der Waals surface area contributed by atoms with Gasteiger partial charge >= 0.3 is 0 Å². The van der Waals surface area contributed by atoms with E-state index in [1.165, 1.54) is 0 Å². The molecule has 0 aliphatic heterocycles. The average Bonchev–Trinajstić information content (AvgIpc) is 2.27. The van der Waals surface area contributed by atoms with Crippen molar-refractivity contribution in [1.82, 2.24) is 4.98 Å². The zero-order valence-corrected chi connectivity index (χ0v) is 12.7. The van der Waals surface area contributed by atoms with Crippen LogP contribution in [0.3, 0.4) is 0 Å². The molecule has 3 nitrogen and oxygen atoms in total. The van der Waals surface area contributed by atoms with Crippen LogP contribution in [0, 0.1) is 6.92 Å². The number of rotatable bonds is 2. The van der Waals surface area contributed by atoms with Gasteiger partial charge in [0.1, 0.15) is 0 Å². The van der Waals surface area contributed by atoms with Crippen LogP contribution in [0.15, 0.2) is 45.6 Å². The molecule has 1 heterocycles. The Morgan fingerprint density at radius 3 is 2.39 bits per heavy atom. The lowest BCUT2D eigenvalue weighted by atomic mass is 10.2. The molecular formula is C13H10Br2N2O. The second-order valence-electron chi connectivity index (χ2n) is 3.86. The lowest BCUT2D eigenvalue weighted by Gasteiger charge is -2.06. The van der Waals surface area contributed by atoms with E-state index >= 15 is 0 Å². The Morgan fingerprint density at radius 1 is 1.11 bits per heavy atom. The lowest BCUT2D eigenvalue weighted by molar-refractivity contribution is 0.102. The van der Waals surface area contributed by atoms with Gasteiger partial charge in [0.05, 0.1) is 11.9 Å². The zero-order valence-electron chi connectivity index (χ0n) is 9.58. The van der Waals surface area contributed by atoms with Crippen molar-refractivity contribution in [2.45, 2.75) is 6.92 Å². The maximum Gasteiger partial charge on any atom is 0.255 e. The van der Waals surface area contributed by atoms with Crippen molar-refractivity contribution >= 4 is 43.5 Å². The maximum atomic E-state index is 12.0. The Hall–Kier alpha value is -1.20. The largest absolute Gasteiger partial charge is 0.321 e. The topological polar surface area (TPSA) is 42.0 Å². The number of nitrogens with one attached hydrogen (secondary N) is 1. The zero-order chi connectivity index (χ0) is 13.1. The van der Waals surface area contributed by atoms with Crippen molar-refractivity contribution in [3.8, 4) is 0 Å². The molecule has 18 heavy (non-hydrogen) atoms. The van der Waals surface area contributed by atoms with E-state index in [1.807, 2.05) is 19.1 Å². The van der Waals surface area contributed by atoms with Crippen LogP contribution in [0.25, 0.3) is 0 Å². The van der Waals surface area contributed by atoms with Crippen LogP contribution < -0.4 is 5.32 Å². The number of nitrogens with zero attached hydrogens (tertiary/aromatic N) is 1. The third-order valence-electron chi connectivity index (χ3n) is 2.26. The summed E-state index contributed by atoms with van der Waals surface area (Å²) in [5, 5.41) is 2.81. The molecule has 2 rings (SSSR count). The van der Waals surface area contributed by atoms with E-state index in [0.29, 0.717) is 11.3 Å². The van der Waals surface area contributed by atoms with E-state index in [1.54, 1.807) is 24.5 Å². The van der Waals surface area contributed by atoms with Crippen LogP contribution in [-0.2, 0) is 0 Å². The Balaban J connectivity index is 2.22. The fraction of sp³-hybridized carbons (Fsp3) is 0.0769. The van der Waals surface area contributed by atoms with Crippen LogP contribution in [0.5, 0.6) is 0 Å². The van der Waals surface area contributed by atoms with E-state index in [0.717, 1.165) is 14.5 Å². The van der Waals surface area contributed by atoms with Crippen molar-refractivity contribution in [2.75, 3.05) is 5.32 Å². The highest BCUT2D eigenvalue weighted by molar-refractivity contribution is 9.11. The summed E-state index contributed by atoms with van der Waals surface area (Å²) in [6, 6.07) is 7.29. The van der Waals surface area contributed by atoms with Gasteiger partial charge in [0.2, 0.25) is 0 Å².